The minimum Gasteiger partial charge on any atom is -0.398 e. The molecule has 2 aromatic rings. The highest BCUT2D eigenvalue weighted by atomic mass is 32.2. The zero-order valence-corrected chi connectivity index (χ0v) is 8.62. The lowest BCUT2D eigenvalue weighted by Crippen LogP contribution is -2.03. The van der Waals surface area contributed by atoms with Crippen LogP contribution in [0.1, 0.15) is 0 Å². The predicted octanol–water partition coefficient (Wildman–Crippen LogP) is 1.50. The lowest BCUT2D eigenvalue weighted by molar-refractivity contribution is 1.01. The fraction of sp³-hybridized carbons (Fsp3) is 0. The summed E-state index contributed by atoms with van der Waals surface area (Å²) in [6.07, 6.45) is 1.38. The highest BCUT2D eigenvalue weighted by molar-refractivity contribution is 7.99. The van der Waals surface area contributed by atoms with Gasteiger partial charge in [-0.25, -0.2) is 4.98 Å². The fourth-order valence-corrected chi connectivity index (χ4v) is 1.92. The smallest absolute Gasteiger partial charge is 0.251 e. The summed E-state index contributed by atoms with van der Waals surface area (Å²) in [6.45, 7) is 0. The lowest BCUT2D eigenvalue weighted by atomic mass is 10.3. The van der Waals surface area contributed by atoms with Gasteiger partial charge in [0.15, 0.2) is 0 Å². The first-order valence-corrected chi connectivity index (χ1v) is 5.14. The Morgan fingerprint density at radius 1 is 1.33 bits per heavy atom. The highest BCUT2D eigenvalue weighted by Crippen LogP contribution is 2.29. The number of rotatable bonds is 2. The molecule has 1 heterocycles. The monoisotopic (exact) mass is 219 g/mol. The Bertz CT molecular complexity index is 524. The van der Waals surface area contributed by atoms with Crippen LogP contribution in [0, 0.1) is 0 Å². The summed E-state index contributed by atoms with van der Waals surface area (Å²) in [5.74, 6) is 0. The summed E-state index contributed by atoms with van der Waals surface area (Å²) in [5.41, 5.74) is 6.29. The van der Waals surface area contributed by atoms with Gasteiger partial charge < -0.3 is 10.7 Å². The molecule has 0 saturated carbocycles. The van der Waals surface area contributed by atoms with Crippen LogP contribution in [0.15, 0.2) is 51.4 Å². The number of nitrogens with two attached hydrogens (primary N) is 1. The second kappa shape index (κ2) is 4.18. The van der Waals surface area contributed by atoms with Crippen molar-refractivity contribution >= 4 is 17.4 Å². The van der Waals surface area contributed by atoms with Crippen LogP contribution in [0.4, 0.5) is 5.69 Å². The maximum absolute atomic E-state index is 11.0. The molecule has 0 aliphatic heterocycles. The third kappa shape index (κ3) is 2.38. The van der Waals surface area contributed by atoms with Crippen LogP contribution in [0.5, 0.6) is 0 Å². The van der Waals surface area contributed by atoms with E-state index in [1.54, 1.807) is 0 Å². The van der Waals surface area contributed by atoms with E-state index in [-0.39, 0.29) is 5.56 Å². The van der Waals surface area contributed by atoms with E-state index >= 15 is 0 Å². The van der Waals surface area contributed by atoms with Gasteiger partial charge in [0.2, 0.25) is 0 Å². The van der Waals surface area contributed by atoms with E-state index in [1.165, 1.54) is 24.2 Å². The molecule has 15 heavy (non-hydrogen) atoms. The van der Waals surface area contributed by atoms with Gasteiger partial charge in [0.1, 0.15) is 5.03 Å². The number of hydrogen-bond acceptors (Lipinski definition) is 4. The quantitative estimate of drug-likeness (QED) is 0.593. The minimum atomic E-state index is -0.165. The number of H-pyrrole nitrogens is 1. The first kappa shape index (κ1) is 9.79. The zero-order valence-electron chi connectivity index (χ0n) is 7.81. The molecular weight excluding hydrogens is 210 g/mol. The number of para-hydroxylation sites is 1. The second-order valence-electron chi connectivity index (χ2n) is 2.89. The Morgan fingerprint density at radius 2 is 2.13 bits per heavy atom. The van der Waals surface area contributed by atoms with Crippen LogP contribution < -0.4 is 11.3 Å². The van der Waals surface area contributed by atoms with Crippen molar-refractivity contribution in [3.05, 3.63) is 47.0 Å². The molecule has 0 aliphatic rings. The Kier molecular flexibility index (Phi) is 2.73. The van der Waals surface area contributed by atoms with Crippen LogP contribution in [-0.2, 0) is 0 Å². The van der Waals surface area contributed by atoms with Crippen molar-refractivity contribution in [3.8, 4) is 0 Å². The molecular formula is C10H9N3OS. The molecule has 1 aromatic carbocycles. The molecule has 0 amide bonds. The van der Waals surface area contributed by atoms with Crippen molar-refractivity contribution in [2.24, 2.45) is 0 Å². The Hall–Kier alpha value is -1.75. The summed E-state index contributed by atoms with van der Waals surface area (Å²) in [6, 6.07) is 8.91. The van der Waals surface area contributed by atoms with Crippen LogP contribution >= 0.6 is 11.8 Å². The van der Waals surface area contributed by atoms with Crippen LogP contribution in [0.25, 0.3) is 0 Å². The van der Waals surface area contributed by atoms with Gasteiger partial charge in [-0.3, -0.25) is 4.79 Å². The molecule has 4 nitrogen and oxygen atoms in total. The van der Waals surface area contributed by atoms with Gasteiger partial charge >= 0.3 is 0 Å². The van der Waals surface area contributed by atoms with Crippen molar-refractivity contribution in [2.45, 2.75) is 9.92 Å². The molecule has 0 unspecified atom stereocenters. The van der Waals surface area contributed by atoms with Crippen LogP contribution in [0.3, 0.4) is 0 Å². The van der Waals surface area contributed by atoms with Gasteiger partial charge in [0.25, 0.3) is 5.56 Å². The third-order valence-electron chi connectivity index (χ3n) is 1.79. The van der Waals surface area contributed by atoms with Gasteiger partial charge in [-0.1, -0.05) is 23.9 Å². The first-order chi connectivity index (χ1) is 7.25. The molecule has 2 rings (SSSR count). The Morgan fingerprint density at radius 3 is 2.87 bits per heavy atom. The van der Waals surface area contributed by atoms with Crippen molar-refractivity contribution in [1.82, 2.24) is 9.97 Å². The number of anilines is 1. The normalized spacial score (nSPS) is 10.1. The molecule has 3 N–H and O–H groups in total. The number of nitrogen functional groups attached to an aromatic ring is 1. The van der Waals surface area contributed by atoms with E-state index in [0.29, 0.717) is 10.7 Å². The standard InChI is InChI=1S/C10H9N3OS/c11-7-3-1-2-4-8(7)15-10-5-9(14)12-6-13-10/h1-6H,11H2,(H,12,13,14). The van der Waals surface area contributed by atoms with Gasteiger partial charge in [0.05, 0.1) is 6.33 Å². The molecule has 0 atom stereocenters. The molecule has 0 radical (unpaired) electrons. The number of hydrogen-bond donors (Lipinski definition) is 2. The molecule has 0 spiro atoms. The highest BCUT2D eigenvalue weighted by Gasteiger charge is 2.01. The van der Waals surface area contributed by atoms with Gasteiger partial charge in [-0.2, -0.15) is 0 Å². The maximum atomic E-state index is 11.0. The number of benzene rings is 1. The topological polar surface area (TPSA) is 71.8 Å². The van der Waals surface area contributed by atoms with Crippen molar-refractivity contribution < 1.29 is 0 Å². The largest absolute Gasteiger partial charge is 0.398 e. The summed E-state index contributed by atoms with van der Waals surface area (Å²) in [7, 11) is 0. The summed E-state index contributed by atoms with van der Waals surface area (Å²) < 4.78 is 0. The van der Waals surface area contributed by atoms with Crippen molar-refractivity contribution in [2.75, 3.05) is 5.73 Å². The average molecular weight is 219 g/mol. The molecule has 76 valence electrons. The zero-order chi connectivity index (χ0) is 10.7. The Labute approximate surface area is 90.6 Å². The fourth-order valence-electron chi connectivity index (χ4n) is 1.09. The van der Waals surface area contributed by atoms with E-state index in [0.717, 1.165) is 4.90 Å². The second-order valence-corrected chi connectivity index (χ2v) is 3.95. The summed E-state index contributed by atoms with van der Waals surface area (Å²) in [4.78, 5) is 18.4. The van der Waals surface area contributed by atoms with Gasteiger partial charge in [-0.15, -0.1) is 0 Å². The summed E-state index contributed by atoms with van der Waals surface area (Å²) >= 11 is 1.37. The van der Waals surface area contributed by atoms with E-state index < -0.39 is 0 Å². The Balaban J connectivity index is 2.30. The van der Waals surface area contributed by atoms with Crippen LogP contribution in [0.2, 0.25) is 0 Å². The lowest BCUT2D eigenvalue weighted by Gasteiger charge is -2.02. The molecule has 0 fully saturated rings. The third-order valence-corrected chi connectivity index (χ3v) is 2.81. The maximum Gasteiger partial charge on any atom is 0.251 e. The number of aromatic nitrogens is 2. The number of nitrogens with one attached hydrogen (secondary N) is 1. The van der Waals surface area contributed by atoms with Crippen molar-refractivity contribution in [1.29, 1.82) is 0 Å². The SMILES string of the molecule is Nc1ccccc1Sc1cc(=O)[nH]cn1. The minimum absolute atomic E-state index is 0.165. The molecule has 0 saturated heterocycles. The van der Waals surface area contributed by atoms with E-state index in [9.17, 15) is 4.79 Å². The molecule has 5 heteroatoms. The summed E-state index contributed by atoms with van der Waals surface area (Å²) in [5, 5.41) is 0.636. The van der Waals surface area contributed by atoms with E-state index in [4.69, 9.17) is 5.73 Å². The van der Waals surface area contributed by atoms with Gasteiger partial charge in [-0.05, 0) is 12.1 Å². The van der Waals surface area contributed by atoms with E-state index in [2.05, 4.69) is 9.97 Å². The molecule has 0 aliphatic carbocycles. The van der Waals surface area contributed by atoms with Crippen LogP contribution in [-0.4, -0.2) is 9.97 Å². The van der Waals surface area contributed by atoms with Gasteiger partial charge in [0, 0.05) is 16.6 Å². The average Bonchev–Trinajstić information content (AvgIpc) is 2.22. The van der Waals surface area contributed by atoms with Crippen molar-refractivity contribution in [3.63, 3.8) is 0 Å². The number of aromatic amines is 1. The van der Waals surface area contributed by atoms with E-state index in [1.807, 2.05) is 24.3 Å². The molecule has 1 aromatic heterocycles. The predicted molar refractivity (Wildman–Crippen MR) is 59.8 cm³/mol. The molecule has 0 bridgehead atoms. The number of nitrogens with zero attached hydrogens (tertiary/aromatic N) is 1. The first-order valence-electron chi connectivity index (χ1n) is 4.33.